The summed E-state index contributed by atoms with van der Waals surface area (Å²) < 4.78 is 5.95. The van der Waals surface area contributed by atoms with Crippen molar-refractivity contribution in [1.29, 1.82) is 0 Å². The maximum absolute atomic E-state index is 12.4. The van der Waals surface area contributed by atoms with E-state index in [1.165, 1.54) is 0 Å². The van der Waals surface area contributed by atoms with E-state index in [4.69, 9.17) is 4.74 Å². The van der Waals surface area contributed by atoms with Gasteiger partial charge in [-0.3, -0.25) is 0 Å². The van der Waals surface area contributed by atoms with Crippen molar-refractivity contribution in [1.82, 2.24) is 0 Å². The van der Waals surface area contributed by atoms with Crippen molar-refractivity contribution < 1.29 is 9.53 Å². The second kappa shape index (κ2) is 10.8. The van der Waals surface area contributed by atoms with Crippen molar-refractivity contribution in [2.24, 2.45) is 11.8 Å². The SMILES string of the molecule is CC(C)C.CC(C)C.O=C1OC(c2ccccc2)(c2ccccc2)c2ccccc21. The number of rotatable bonds is 2. The van der Waals surface area contributed by atoms with Gasteiger partial charge >= 0.3 is 5.97 Å². The summed E-state index contributed by atoms with van der Waals surface area (Å²) >= 11 is 0. The average molecular weight is 403 g/mol. The molecule has 0 spiro atoms. The summed E-state index contributed by atoms with van der Waals surface area (Å²) in [5.74, 6) is 1.39. The van der Waals surface area contributed by atoms with Gasteiger partial charge in [0.2, 0.25) is 0 Å². The average Bonchev–Trinajstić information content (AvgIpc) is 3.03. The molecule has 30 heavy (non-hydrogen) atoms. The fraction of sp³-hybridized carbons (Fsp3) is 0.321. The second-order valence-electron chi connectivity index (χ2n) is 8.81. The Kier molecular flexibility index (Phi) is 8.41. The van der Waals surface area contributed by atoms with E-state index >= 15 is 0 Å². The van der Waals surface area contributed by atoms with Gasteiger partial charge in [-0.15, -0.1) is 0 Å². The molecule has 1 heterocycles. The van der Waals surface area contributed by atoms with Gasteiger partial charge in [0.1, 0.15) is 0 Å². The van der Waals surface area contributed by atoms with E-state index in [1.54, 1.807) is 0 Å². The van der Waals surface area contributed by atoms with Crippen molar-refractivity contribution in [2.75, 3.05) is 0 Å². The normalized spacial score (nSPS) is 13.5. The maximum atomic E-state index is 12.4. The highest BCUT2D eigenvalue weighted by Gasteiger charge is 2.48. The van der Waals surface area contributed by atoms with Crippen LogP contribution in [0.2, 0.25) is 0 Å². The molecule has 1 aliphatic rings. The number of hydrogen-bond acceptors (Lipinski definition) is 2. The van der Waals surface area contributed by atoms with Crippen molar-refractivity contribution in [3.8, 4) is 0 Å². The summed E-state index contributed by atoms with van der Waals surface area (Å²) in [6, 6.07) is 27.4. The standard InChI is InChI=1S/C20H14O2.2C4H10/c21-19-17-13-7-8-14-18(17)20(22-19,15-9-3-1-4-10-15)16-11-5-2-6-12-16;2*1-4(2)3/h1-14H;2*4H,1-3H3. The van der Waals surface area contributed by atoms with Crippen LogP contribution < -0.4 is 0 Å². The predicted octanol–water partition coefficient (Wildman–Crippen LogP) is 7.47. The molecule has 1 aliphatic heterocycles. The van der Waals surface area contributed by atoms with Gasteiger partial charge in [-0.1, -0.05) is 120 Å². The van der Waals surface area contributed by atoms with Crippen LogP contribution in [0.4, 0.5) is 0 Å². The molecule has 4 rings (SSSR count). The molecule has 0 bridgehead atoms. The third-order valence-electron chi connectivity index (χ3n) is 4.13. The number of benzene rings is 3. The smallest absolute Gasteiger partial charge is 0.340 e. The summed E-state index contributed by atoms with van der Waals surface area (Å²) in [5, 5.41) is 0. The van der Waals surface area contributed by atoms with Gasteiger partial charge in [0.05, 0.1) is 5.56 Å². The Balaban J connectivity index is 0.000000347. The van der Waals surface area contributed by atoms with Crippen LogP contribution in [0.5, 0.6) is 0 Å². The first kappa shape index (κ1) is 23.4. The number of ether oxygens (including phenoxy) is 1. The Hall–Kier alpha value is -2.87. The van der Waals surface area contributed by atoms with Crippen molar-refractivity contribution in [3.05, 3.63) is 107 Å². The lowest BCUT2D eigenvalue weighted by Gasteiger charge is -2.30. The minimum atomic E-state index is -0.865. The van der Waals surface area contributed by atoms with Gasteiger partial charge in [0.15, 0.2) is 5.60 Å². The fourth-order valence-corrected chi connectivity index (χ4v) is 3.16. The molecule has 158 valence electrons. The molecule has 0 fully saturated rings. The fourth-order valence-electron chi connectivity index (χ4n) is 3.16. The zero-order chi connectivity index (χ0) is 22.1. The van der Waals surface area contributed by atoms with Gasteiger partial charge < -0.3 is 4.74 Å². The molecule has 2 heteroatoms. The van der Waals surface area contributed by atoms with Gasteiger partial charge in [-0.05, 0) is 17.9 Å². The molecule has 0 radical (unpaired) electrons. The molecular weight excluding hydrogens is 368 g/mol. The van der Waals surface area contributed by atoms with Crippen LogP contribution in [0.25, 0.3) is 0 Å². The molecular formula is C28H34O2. The van der Waals surface area contributed by atoms with Crippen LogP contribution in [0, 0.1) is 11.8 Å². The lowest BCUT2D eigenvalue weighted by molar-refractivity contribution is 0.0251. The highest BCUT2D eigenvalue weighted by atomic mass is 16.6. The summed E-state index contributed by atoms with van der Waals surface area (Å²) in [4.78, 5) is 12.4. The van der Waals surface area contributed by atoms with E-state index in [-0.39, 0.29) is 5.97 Å². The molecule has 0 saturated heterocycles. The molecule has 3 aromatic carbocycles. The first-order chi connectivity index (χ1) is 14.3. The van der Waals surface area contributed by atoms with E-state index in [2.05, 4.69) is 41.5 Å². The monoisotopic (exact) mass is 402 g/mol. The number of cyclic esters (lactones) is 1. The molecule has 0 atom stereocenters. The Labute approximate surface area is 181 Å². The maximum Gasteiger partial charge on any atom is 0.340 e. The molecule has 0 unspecified atom stereocenters. The van der Waals surface area contributed by atoms with Crippen LogP contribution in [-0.2, 0) is 10.3 Å². The Morgan fingerprint density at radius 2 is 0.967 bits per heavy atom. The first-order valence-corrected chi connectivity index (χ1v) is 10.7. The third-order valence-corrected chi connectivity index (χ3v) is 4.13. The summed E-state index contributed by atoms with van der Waals surface area (Å²) in [6.45, 7) is 13.0. The zero-order valence-electron chi connectivity index (χ0n) is 19.1. The van der Waals surface area contributed by atoms with Crippen LogP contribution >= 0.6 is 0 Å². The van der Waals surface area contributed by atoms with Crippen LogP contribution in [0.15, 0.2) is 84.9 Å². The minimum Gasteiger partial charge on any atom is -0.441 e. The highest BCUT2D eigenvalue weighted by Crippen LogP contribution is 2.46. The van der Waals surface area contributed by atoms with Gasteiger partial charge in [0.25, 0.3) is 0 Å². The van der Waals surface area contributed by atoms with Crippen LogP contribution in [0.3, 0.4) is 0 Å². The van der Waals surface area contributed by atoms with Gasteiger partial charge in [0, 0.05) is 16.7 Å². The van der Waals surface area contributed by atoms with Gasteiger partial charge in [-0.25, -0.2) is 4.79 Å². The van der Waals surface area contributed by atoms with Crippen molar-refractivity contribution in [2.45, 2.75) is 47.1 Å². The Morgan fingerprint density at radius 3 is 1.40 bits per heavy atom. The summed E-state index contributed by atoms with van der Waals surface area (Å²) in [7, 11) is 0. The van der Waals surface area contributed by atoms with E-state index in [0.29, 0.717) is 5.56 Å². The largest absolute Gasteiger partial charge is 0.441 e. The number of esters is 1. The van der Waals surface area contributed by atoms with E-state index in [1.807, 2.05) is 84.9 Å². The molecule has 0 amide bonds. The van der Waals surface area contributed by atoms with E-state index in [9.17, 15) is 4.79 Å². The molecule has 2 nitrogen and oxygen atoms in total. The quantitative estimate of drug-likeness (QED) is 0.415. The Bertz CT molecular complexity index is 861. The molecule has 0 aromatic heterocycles. The molecule has 0 N–H and O–H groups in total. The minimum absolute atomic E-state index is 0.275. The topological polar surface area (TPSA) is 26.3 Å². The second-order valence-corrected chi connectivity index (χ2v) is 8.81. The number of hydrogen-bond donors (Lipinski definition) is 0. The summed E-state index contributed by atoms with van der Waals surface area (Å²) in [5.41, 5.74) is 2.59. The van der Waals surface area contributed by atoms with Crippen molar-refractivity contribution in [3.63, 3.8) is 0 Å². The highest BCUT2D eigenvalue weighted by molar-refractivity contribution is 5.96. The third kappa shape index (κ3) is 5.60. The van der Waals surface area contributed by atoms with E-state index in [0.717, 1.165) is 28.5 Å². The van der Waals surface area contributed by atoms with Crippen molar-refractivity contribution >= 4 is 5.97 Å². The Morgan fingerprint density at radius 1 is 0.600 bits per heavy atom. The molecule has 3 aromatic rings. The van der Waals surface area contributed by atoms with E-state index < -0.39 is 5.60 Å². The summed E-state index contributed by atoms with van der Waals surface area (Å²) in [6.07, 6.45) is 0. The zero-order valence-corrected chi connectivity index (χ0v) is 19.1. The molecule has 0 aliphatic carbocycles. The lowest BCUT2D eigenvalue weighted by atomic mass is 9.80. The lowest BCUT2D eigenvalue weighted by Crippen LogP contribution is -2.29. The number of fused-ring (bicyclic) bond motifs is 1. The predicted molar refractivity (Wildman–Crippen MR) is 126 cm³/mol. The van der Waals surface area contributed by atoms with Gasteiger partial charge in [-0.2, -0.15) is 0 Å². The first-order valence-electron chi connectivity index (χ1n) is 10.7. The van der Waals surface area contributed by atoms with Crippen LogP contribution in [-0.4, -0.2) is 5.97 Å². The number of carbonyl (C=O) groups excluding carboxylic acids is 1. The van der Waals surface area contributed by atoms with Crippen LogP contribution in [0.1, 0.15) is 68.6 Å². The molecule has 0 saturated carbocycles. The number of carbonyl (C=O) groups is 1.